The molecule has 0 fully saturated rings. The third-order valence-electron chi connectivity index (χ3n) is 5.03. The van der Waals surface area contributed by atoms with Crippen molar-refractivity contribution in [1.29, 1.82) is 0 Å². The van der Waals surface area contributed by atoms with Crippen molar-refractivity contribution >= 4 is 51.6 Å². The molecule has 2 amide bonds. The van der Waals surface area contributed by atoms with Gasteiger partial charge in [0.1, 0.15) is 0 Å². The Kier molecular flexibility index (Phi) is 7.26. The number of nitrogens with one attached hydrogen (secondary N) is 2. The Labute approximate surface area is 200 Å². The third-order valence-corrected chi connectivity index (χ3v) is 6.33. The van der Waals surface area contributed by atoms with Gasteiger partial charge in [0, 0.05) is 17.6 Å². The molecule has 168 valence electrons. The maximum absolute atomic E-state index is 12.6. The van der Waals surface area contributed by atoms with Crippen molar-refractivity contribution in [2.24, 2.45) is 0 Å². The predicted octanol–water partition coefficient (Wildman–Crippen LogP) is 4.77. The van der Waals surface area contributed by atoms with Gasteiger partial charge in [-0.3, -0.25) is 9.59 Å². The van der Waals surface area contributed by atoms with E-state index in [1.54, 1.807) is 24.3 Å². The fourth-order valence-corrected chi connectivity index (χ4v) is 4.47. The molecule has 4 aromatic rings. The molecule has 7 nitrogen and oxygen atoms in total. The van der Waals surface area contributed by atoms with Crippen LogP contribution in [0.1, 0.15) is 23.1 Å². The molecule has 4 rings (SSSR count). The molecule has 1 aromatic heterocycles. The van der Waals surface area contributed by atoms with Crippen molar-refractivity contribution in [3.63, 3.8) is 0 Å². The lowest BCUT2D eigenvalue weighted by atomic mass is 10.1. The number of carbonyl (C=O) groups is 2. The van der Waals surface area contributed by atoms with Crippen LogP contribution in [0.2, 0.25) is 5.02 Å². The number of fused-ring (bicyclic) bond motifs is 1. The monoisotopic (exact) mass is 479 g/mol. The third kappa shape index (κ3) is 5.35. The second-order valence-corrected chi connectivity index (χ2v) is 8.52. The lowest BCUT2D eigenvalue weighted by molar-refractivity contribution is -0.113. The molecule has 0 atom stereocenters. The molecule has 0 unspecified atom stereocenters. The molecule has 0 saturated heterocycles. The normalized spacial score (nSPS) is 10.8. The van der Waals surface area contributed by atoms with Gasteiger partial charge in [0.05, 0.1) is 22.9 Å². The van der Waals surface area contributed by atoms with Gasteiger partial charge in [0.2, 0.25) is 5.91 Å². The maximum Gasteiger partial charge on any atom is 0.253 e. The van der Waals surface area contributed by atoms with E-state index in [9.17, 15) is 9.59 Å². The molecule has 0 aliphatic heterocycles. The SMILES string of the molecule is CCn1c(CNC(=O)c2ccccc2Cl)nnc1SCC(=O)Nc1cccc2ccccc12. The zero-order valence-corrected chi connectivity index (χ0v) is 19.5. The van der Waals surface area contributed by atoms with Crippen LogP contribution in [0.25, 0.3) is 10.8 Å². The van der Waals surface area contributed by atoms with Gasteiger partial charge in [-0.2, -0.15) is 0 Å². The molecule has 0 spiro atoms. The van der Waals surface area contributed by atoms with Crippen LogP contribution >= 0.6 is 23.4 Å². The quantitative estimate of drug-likeness (QED) is 0.355. The minimum Gasteiger partial charge on any atom is -0.345 e. The van der Waals surface area contributed by atoms with Crippen LogP contribution in [0.3, 0.4) is 0 Å². The molecule has 9 heteroatoms. The van der Waals surface area contributed by atoms with Gasteiger partial charge in [-0.15, -0.1) is 10.2 Å². The molecule has 1 heterocycles. The van der Waals surface area contributed by atoms with Crippen LogP contribution < -0.4 is 10.6 Å². The summed E-state index contributed by atoms with van der Waals surface area (Å²) in [5.41, 5.74) is 1.18. The molecular formula is C24H22ClN5O2S. The first-order valence-corrected chi connectivity index (χ1v) is 11.8. The van der Waals surface area contributed by atoms with E-state index in [2.05, 4.69) is 20.8 Å². The van der Waals surface area contributed by atoms with Crippen molar-refractivity contribution < 1.29 is 9.59 Å². The number of hydrogen-bond acceptors (Lipinski definition) is 5. The number of benzene rings is 3. The lowest BCUT2D eigenvalue weighted by Crippen LogP contribution is -2.25. The fourth-order valence-electron chi connectivity index (χ4n) is 3.42. The van der Waals surface area contributed by atoms with E-state index in [0.29, 0.717) is 28.1 Å². The highest BCUT2D eigenvalue weighted by Gasteiger charge is 2.16. The van der Waals surface area contributed by atoms with E-state index in [1.165, 1.54) is 11.8 Å². The van der Waals surface area contributed by atoms with Gasteiger partial charge in [-0.25, -0.2) is 0 Å². The second kappa shape index (κ2) is 10.5. The van der Waals surface area contributed by atoms with E-state index in [1.807, 2.05) is 54.0 Å². The highest BCUT2D eigenvalue weighted by Crippen LogP contribution is 2.24. The Hall–Kier alpha value is -3.36. The molecule has 0 aliphatic rings. The number of nitrogens with zero attached hydrogens (tertiary/aromatic N) is 3. The highest BCUT2D eigenvalue weighted by atomic mass is 35.5. The van der Waals surface area contributed by atoms with Crippen molar-refractivity contribution in [3.8, 4) is 0 Å². The zero-order chi connectivity index (χ0) is 23.2. The summed E-state index contributed by atoms with van der Waals surface area (Å²) in [5, 5.41) is 17.3. The number of anilines is 1. The predicted molar refractivity (Wildman–Crippen MR) is 132 cm³/mol. The Bertz CT molecular complexity index is 1300. The van der Waals surface area contributed by atoms with Crippen LogP contribution in [0.4, 0.5) is 5.69 Å². The van der Waals surface area contributed by atoms with Crippen molar-refractivity contribution in [3.05, 3.63) is 83.1 Å². The summed E-state index contributed by atoms with van der Waals surface area (Å²) in [6.45, 7) is 2.77. The van der Waals surface area contributed by atoms with E-state index < -0.39 is 0 Å². The molecular weight excluding hydrogens is 458 g/mol. The maximum atomic E-state index is 12.6. The molecule has 3 aromatic carbocycles. The van der Waals surface area contributed by atoms with Crippen molar-refractivity contribution in [2.45, 2.75) is 25.2 Å². The molecule has 0 radical (unpaired) electrons. The van der Waals surface area contributed by atoms with Crippen LogP contribution in [0, 0.1) is 0 Å². The summed E-state index contributed by atoms with van der Waals surface area (Å²) in [6.07, 6.45) is 0. The Balaban J connectivity index is 1.37. The summed E-state index contributed by atoms with van der Waals surface area (Å²) < 4.78 is 1.88. The number of aromatic nitrogens is 3. The van der Waals surface area contributed by atoms with Crippen LogP contribution in [-0.2, 0) is 17.9 Å². The summed E-state index contributed by atoms with van der Waals surface area (Å²) in [7, 11) is 0. The summed E-state index contributed by atoms with van der Waals surface area (Å²) in [5.74, 6) is 0.383. The summed E-state index contributed by atoms with van der Waals surface area (Å²) >= 11 is 7.39. The largest absolute Gasteiger partial charge is 0.345 e. The Morgan fingerprint density at radius 3 is 2.58 bits per heavy atom. The smallest absolute Gasteiger partial charge is 0.253 e. The number of hydrogen-bond donors (Lipinski definition) is 2. The number of amides is 2. The van der Waals surface area contributed by atoms with Gasteiger partial charge >= 0.3 is 0 Å². The highest BCUT2D eigenvalue weighted by molar-refractivity contribution is 7.99. The lowest BCUT2D eigenvalue weighted by Gasteiger charge is -2.10. The van der Waals surface area contributed by atoms with E-state index in [0.717, 1.165) is 16.5 Å². The van der Waals surface area contributed by atoms with Crippen molar-refractivity contribution in [1.82, 2.24) is 20.1 Å². The Morgan fingerprint density at radius 1 is 1.00 bits per heavy atom. The standard InChI is InChI=1S/C24H22ClN5O2S/c1-2-30-21(14-26-23(32)18-11-5-6-12-19(18)25)28-29-24(30)33-15-22(31)27-20-13-7-9-16-8-3-4-10-17(16)20/h3-13H,2,14-15H2,1H3,(H,26,32)(H,27,31). The van der Waals surface area contributed by atoms with E-state index >= 15 is 0 Å². The molecule has 0 bridgehead atoms. The van der Waals surface area contributed by atoms with Crippen molar-refractivity contribution in [2.75, 3.05) is 11.1 Å². The first kappa shape index (κ1) is 22.8. The van der Waals surface area contributed by atoms with Gasteiger partial charge < -0.3 is 15.2 Å². The molecule has 33 heavy (non-hydrogen) atoms. The number of thioether (sulfide) groups is 1. The van der Waals surface area contributed by atoms with Gasteiger partial charge in [-0.05, 0) is 30.5 Å². The number of halogens is 1. The van der Waals surface area contributed by atoms with Gasteiger partial charge in [0.25, 0.3) is 5.91 Å². The first-order chi connectivity index (χ1) is 16.1. The Morgan fingerprint density at radius 2 is 1.76 bits per heavy atom. The van der Waals surface area contributed by atoms with Crippen LogP contribution in [-0.4, -0.2) is 32.3 Å². The zero-order valence-electron chi connectivity index (χ0n) is 17.9. The fraction of sp³-hybridized carbons (Fsp3) is 0.167. The average Bonchev–Trinajstić information content (AvgIpc) is 3.23. The minimum atomic E-state index is -0.282. The van der Waals surface area contributed by atoms with Gasteiger partial charge in [-0.1, -0.05) is 71.9 Å². The molecule has 0 aliphatic carbocycles. The summed E-state index contributed by atoms with van der Waals surface area (Å²) in [4.78, 5) is 25.0. The summed E-state index contributed by atoms with van der Waals surface area (Å²) in [6, 6.07) is 20.6. The topological polar surface area (TPSA) is 88.9 Å². The van der Waals surface area contributed by atoms with Gasteiger partial charge in [0.15, 0.2) is 11.0 Å². The van der Waals surface area contributed by atoms with Crippen LogP contribution in [0.5, 0.6) is 0 Å². The number of carbonyl (C=O) groups excluding carboxylic acids is 2. The molecule has 0 saturated carbocycles. The first-order valence-electron chi connectivity index (χ1n) is 10.4. The average molecular weight is 480 g/mol. The van der Waals surface area contributed by atoms with E-state index in [4.69, 9.17) is 11.6 Å². The number of rotatable bonds is 8. The minimum absolute atomic E-state index is 0.129. The second-order valence-electron chi connectivity index (χ2n) is 7.17. The van der Waals surface area contributed by atoms with E-state index in [-0.39, 0.29) is 24.1 Å². The van der Waals surface area contributed by atoms with Crippen LogP contribution in [0.15, 0.2) is 71.9 Å². The molecule has 2 N–H and O–H groups in total.